The third-order valence-corrected chi connectivity index (χ3v) is 5.06. The molecule has 0 bridgehead atoms. The molecule has 0 atom stereocenters. The highest BCUT2D eigenvalue weighted by molar-refractivity contribution is 5.03. The number of nitrogens with zero attached hydrogens (tertiary/aromatic N) is 5. The van der Waals surface area contributed by atoms with Gasteiger partial charge in [-0.2, -0.15) is 0 Å². The smallest absolute Gasteiger partial charge is 0.146 e. The van der Waals surface area contributed by atoms with Gasteiger partial charge in [-0.05, 0) is 52.9 Å². The van der Waals surface area contributed by atoms with Crippen molar-refractivity contribution in [2.45, 2.75) is 44.2 Å². The van der Waals surface area contributed by atoms with E-state index in [2.05, 4.69) is 45.7 Å². The van der Waals surface area contributed by atoms with Gasteiger partial charge in [-0.25, -0.2) is 0 Å². The first kappa shape index (κ1) is 15.9. The lowest BCUT2D eigenvalue weighted by Gasteiger charge is -2.38. The van der Waals surface area contributed by atoms with Crippen LogP contribution in [0.15, 0.2) is 0 Å². The van der Waals surface area contributed by atoms with Gasteiger partial charge < -0.3 is 19.1 Å². The Morgan fingerprint density at radius 2 is 1.77 bits per heavy atom. The van der Waals surface area contributed by atoms with Crippen molar-refractivity contribution >= 4 is 0 Å². The first-order valence-corrected chi connectivity index (χ1v) is 8.50. The van der Waals surface area contributed by atoms with Gasteiger partial charge in [0.05, 0.1) is 6.54 Å². The van der Waals surface area contributed by atoms with Crippen molar-refractivity contribution in [1.29, 1.82) is 0 Å². The lowest BCUT2D eigenvalue weighted by Crippen LogP contribution is -2.44. The van der Waals surface area contributed by atoms with E-state index in [0.29, 0.717) is 5.92 Å². The summed E-state index contributed by atoms with van der Waals surface area (Å²) in [7, 11) is 6.25. The summed E-state index contributed by atoms with van der Waals surface area (Å²) in [6.07, 6.45) is 4.79. The molecule has 0 aromatic carbocycles. The molecule has 1 aromatic heterocycles. The van der Waals surface area contributed by atoms with Crippen LogP contribution in [0.4, 0.5) is 0 Å². The molecule has 0 amide bonds. The molecule has 2 aliphatic heterocycles. The third-order valence-electron chi connectivity index (χ3n) is 5.06. The number of rotatable bonds is 4. The van der Waals surface area contributed by atoms with Gasteiger partial charge in [0.1, 0.15) is 11.6 Å². The number of piperidine rings is 1. The van der Waals surface area contributed by atoms with E-state index >= 15 is 0 Å². The molecule has 0 N–H and O–H groups in total. The Labute approximate surface area is 133 Å². The van der Waals surface area contributed by atoms with Crippen molar-refractivity contribution in [3.63, 3.8) is 0 Å². The number of hydrogen-bond donors (Lipinski definition) is 0. The molecule has 0 aliphatic carbocycles. The van der Waals surface area contributed by atoms with E-state index in [4.69, 9.17) is 4.74 Å². The van der Waals surface area contributed by atoms with Crippen molar-refractivity contribution in [1.82, 2.24) is 24.6 Å². The molecule has 0 spiro atoms. The SMILES string of the molecule is CN(C)Cc1nnc(C2CCN(C3CCOCC3)CC2)n1C. The monoisotopic (exact) mass is 307 g/mol. The van der Waals surface area contributed by atoms with Crippen molar-refractivity contribution in [2.24, 2.45) is 7.05 Å². The Bertz CT molecular complexity index is 473. The first-order chi connectivity index (χ1) is 10.6. The zero-order valence-corrected chi connectivity index (χ0v) is 14.2. The van der Waals surface area contributed by atoms with E-state index in [1.54, 1.807) is 0 Å². The number of aromatic nitrogens is 3. The lowest BCUT2D eigenvalue weighted by molar-refractivity contribution is 0.0247. The van der Waals surface area contributed by atoms with Gasteiger partial charge in [-0.1, -0.05) is 0 Å². The van der Waals surface area contributed by atoms with E-state index in [0.717, 1.165) is 31.6 Å². The van der Waals surface area contributed by atoms with Crippen LogP contribution in [0, 0.1) is 0 Å². The molecular weight excluding hydrogens is 278 g/mol. The standard InChI is InChI=1S/C16H29N5O/c1-19(2)12-15-17-18-16(20(15)3)13-4-8-21(9-5-13)14-6-10-22-11-7-14/h13-14H,4-12H2,1-3H3. The van der Waals surface area contributed by atoms with Crippen LogP contribution < -0.4 is 0 Å². The van der Waals surface area contributed by atoms with Crippen LogP contribution in [0.1, 0.15) is 43.3 Å². The van der Waals surface area contributed by atoms with Gasteiger partial charge in [-0.15, -0.1) is 10.2 Å². The fourth-order valence-electron chi connectivity index (χ4n) is 3.72. The van der Waals surface area contributed by atoms with Gasteiger partial charge in [0.15, 0.2) is 0 Å². The molecule has 0 unspecified atom stereocenters. The summed E-state index contributed by atoms with van der Waals surface area (Å²) in [4.78, 5) is 4.80. The van der Waals surface area contributed by atoms with Gasteiger partial charge >= 0.3 is 0 Å². The zero-order chi connectivity index (χ0) is 15.5. The highest BCUT2D eigenvalue weighted by Crippen LogP contribution is 2.29. The molecule has 0 radical (unpaired) electrons. The minimum atomic E-state index is 0.560. The van der Waals surface area contributed by atoms with Gasteiger partial charge in [-0.3, -0.25) is 0 Å². The fraction of sp³-hybridized carbons (Fsp3) is 0.875. The molecule has 3 rings (SSSR count). The molecule has 22 heavy (non-hydrogen) atoms. The number of likely N-dealkylation sites (tertiary alicyclic amines) is 1. The molecular formula is C16H29N5O. The number of ether oxygens (including phenoxy) is 1. The van der Waals surface area contributed by atoms with Crippen LogP contribution in [0.5, 0.6) is 0 Å². The topological polar surface area (TPSA) is 46.4 Å². The van der Waals surface area contributed by atoms with Gasteiger partial charge in [0.2, 0.25) is 0 Å². The maximum atomic E-state index is 5.48. The maximum absolute atomic E-state index is 5.48. The molecule has 1 aromatic rings. The number of hydrogen-bond acceptors (Lipinski definition) is 5. The summed E-state index contributed by atoms with van der Waals surface area (Å²) in [5.74, 6) is 2.79. The second kappa shape index (κ2) is 7.06. The summed E-state index contributed by atoms with van der Waals surface area (Å²) in [5.41, 5.74) is 0. The van der Waals surface area contributed by atoms with Crippen LogP contribution in [0.3, 0.4) is 0 Å². The zero-order valence-electron chi connectivity index (χ0n) is 14.2. The second-order valence-corrected chi connectivity index (χ2v) is 6.93. The van der Waals surface area contributed by atoms with E-state index in [9.17, 15) is 0 Å². The summed E-state index contributed by atoms with van der Waals surface area (Å²) in [5, 5.41) is 8.86. The predicted octanol–water partition coefficient (Wildman–Crippen LogP) is 1.24. The normalized spacial score (nSPS) is 22.5. The molecule has 0 saturated carbocycles. The average molecular weight is 307 g/mol. The van der Waals surface area contributed by atoms with Crippen LogP contribution >= 0.6 is 0 Å². The van der Waals surface area contributed by atoms with E-state index in [-0.39, 0.29) is 0 Å². The lowest BCUT2D eigenvalue weighted by atomic mass is 9.93. The molecule has 2 fully saturated rings. The van der Waals surface area contributed by atoms with Crippen molar-refractivity contribution in [2.75, 3.05) is 40.4 Å². The van der Waals surface area contributed by atoms with E-state index in [1.807, 2.05) is 0 Å². The minimum Gasteiger partial charge on any atom is -0.381 e. The van der Waals surface area contributed by atoms with Crippen LogP contribution in [0.2, 0.25) is 0 Å². The predicted molar refractivity (Wildman–Crippen MR) is 85.8 cm³/mol. The second-order valence-electron chi connectivity index (χ2n) is 6.93. The van der Waals surface area contributed by atoms with Gasteiger partial charge in [0.25, 0.3) is 0 Å². The summed E-state index contributed by atoms with van der Waals surface area (Å²) >= 11 is 0. The largest absolute Gasteiger partial charge is 0.381 e. The summed E-state index contributed by atoms with van der Waals surface area (Å²) in [6.45, 7) is 5.09. The molecule has 2 aliphatic rings. The molecule has 3 heterocycles. The molecule has 6 heteroatoms. The van der Waals surface area contributed by atoms with Gasteiger partial charge in [0, 0.05) is 32.2 Å². The minimum absolute atomic E-state index is 0.560. The molecule has 6 nitrogen and oxygen atoms in total. The third kappa shape index (κ3) is 3.50. The van der Waals surface area contributed by atoms with E-state index in [1.165, 1.54) is 44.6 Å². The highest BCUT2D eigenvalue weighted by atomic mass is 16.5. The summed E-state index contributed by atoms with van der Waals surface area (Å²) in [6, 6.07) is 0.735. The Morgan fingerprint density at radius 1 is 1.09 bits per heavy atom. The quantitative estimate of drug-likeness (QED) is 0.837. The van der Waals surface area contributed by atoms with Crippen molar-refractivity contribution < 1.29 is 4.74 Å². The van der Waals surface area contributed by atoms with E-state index < -0.39 is 0 Å². The fourth-order valence-corrected chi connectivity index (χ4v) is 3.72. The Balaban J connectivity index is 1.58. The van der Waals surface area contributed by atoms with Crippen molar-refractivity contribution in [3.05, 3.63) is 11.6 Å². The first-order valence-electron chi connectivity index (χ1n) is 8.50. The Kier molecular flexibility index (Phi) is 5.10. The highest BCUT2D eigenvalue weighted by Gasteiger charge is 2.29. The Hall–Kier alpha value is -0.980. The molecule has 124 valence electrons. The Morgan fingerprint density at radius 3 is 2.41 bits per heavy atom. The van der Waals surface area contributed by atoms with Crippen LogP contribution in [-0.4, -0.2) is 71.0 Å². The van der Waals surface area contributed by atoms with Crippen molar-refractivity contribution in [3.8, 4) is 0 Å². The molecule has 2 saturated heterocycles. The van der Waals surface area contributed by atoms with Crippen LogP contribution in [-0.2, 0) is 18.3 Å². The average Bonchev–Trinajstić information content (AvgIpc) is 2.89. The maximum Gasteiger partial charge on any atom is 0.146 e. The summed E-state index contributed by atoms with van der Waals surface area (Å²) < 4.78 is 7.68. The van der Waals surface area contributed by atoms with Crippen LogP contribution in [0.25, 0.3) is 0 Å².